The number of alkyl carbamates (subject to hydrolysis) is 1. The normalized spacial score (nSPS) is 14.1. The zero-order chi connectivity index (χ0) is 34.5. The fourth-order valence-corrected chi connectivity index (χ4v) is 5.64. The van der Waals surface area contributed by atoms with Crippen LogP contribution < -0.4 is 16.0 Å². The van der Waals surface area contributed by atoms with Gasteiger partial charge in [0.1, 0.15) is 18.7 Å². The third-order valence-electron chi connectivity index (χ3n) is 8.36. The second kappa shape index (κ2) is 17.7. The Morgan fingerprint density at radius 1 is 0.812 bits per heavy atom. The lowest BCUT2D eigenvalue weighted by Gasteiger charge is -2.38. The van der Waals surface area contributed by atoms with Crippen LogP contribution in [0.5, 0.6) is 0 Å². The van der Waals surface area contributed by atoms with Crippen LogP contribution in [0.1, 0.15) is 49.0 Å². The summed E-state index contributed by atoms with van der Waals surface area (Å²) in [5.41, 5.74) is 1.33. The van der Waals surface area contributed by atoms with Crippen LogP contribution in [-0.2, 0) is 25.7 Å². The molecule has 3 aromatic rings. The average molecular weight is 656 g/mol. The predicted molar refractivity (Wildman–Crippen MR) is 184 cm³/mol. The molecule has 0 aromatic heterocycles. The number of nitrogens with one attached hydrogen (secondary N) is 3. The zero-order valence-electron chi connectivity index (χ0n) is 27.7. The minimum atomic E-state index is -0.839. The quantitative estimate of drug-likeness (QED) is 0.177. The maximum absolute atomic E-state index is 13.7. The van der Waals surface area contributed by atoms with E-state index in [0.717, 1.165) is 16.3 Å². The van der Waals surface area contributed by atoms with E-state index in [9.17, 15) is 24.0 Å². The number of rotatable bonds is 14. The van der Waals surface area contributed by atoms with Crippen LogP contribution in [0, 0.1) is 5.92 Å². The summed E-state index contributed by atoms with van der Waals surface area (Å²) < 4.78 is 5.38. The van der Waals surface area contributed by atoms with Crippen LogP contribution in [0.2, 0.25) is 0 Å². The van der Waals surface area contributed by atoms with E-state index in [1.165, 1.54) is 6.08 Å². The number of hydrogen-bond acceptors (Lipinski definition) is 6. The van der Waals surface area contributed by atoms with Crippen molar-refractivity contribution in [1.82, 2.24) is 25.8 Å². The number of ether oxygens (including phenoxy) is 1. The zero-order valence-corrected chi connectivity index (χ0v) is 27.7. The number of hydrogen-bond donors (Lipinski definition) is 3. The van der Waals surface area contributed by atoms with E-state index in [1.807, 2.05) is 80.6 Å². The van der Waals surface area contributed by atoms with Crippen molar-refractivity contribution in [2.24, 2.45) is 5.92 Å². The lowest BCUT2D eigenvalue weighted by molar-refractivity contribution is -0.142. The number of benzene rings is 3. The highest BCUT2D eigenvalue weighted by molar-refractivity contribution is 6.08. The lowest BCUT2D eigenvalue weighted by Crippen LogP contribution is -2.59. The van der Waals surface area contributed by atoms with Gasteiger partial charge < -0.3 is 30.5 Å². The molecule has 0 spiro atoms. The summed E-state index contributed by atoms with van der Waals surface area (Å²) in [5, 5.41) is 10.2. The molecule has 2 atom stereocenters. The van der Waals surface area contributed by atoms with Crippen molar-refractivity contribution in [2.75, 3.05) is 32.7 Å². The molecular formula is C37H45N5O6. The molecule has 1 saturated heterocycles. The second-order valence-corrected chi connectivity index (χ2v) is 12.1. The fourth-order valence-electron chi connectivity index (χ4n) is 5.64. The summed E-state index contributed by atoms with van der Waals surface area (Å²) in [7, 11) is 0. The van der Waals surface area contributed by atoms with Crippen molar-refractivity contribution in [3.05, 3.63) is 96.6 Å². The molecule has 254 valence electrons. The van der Waals surface area contributed by atoms with Gasteiger partial charge in [0.05, 0.1) is 0 Å². The van der Waals surface area contributed by atoms with Gasteiger partial charge in [0, 0.05) is 38.3 Å². The van der Waals surface area contributed by atoms with Crippen molar-refractivity contribution >= 4 is 40.5 Å². The number of carbonyl (C=O) groups excluding carboxylic acids is 5. The first kappa shape index (κ1) is 35.7. The molecule has 1 fully saturated rings. The van der Waals surface area contributed by atoms with Crippen LogP contribution in [0.15, 0.2) is 85.5 Å². The molecule has 48 heavy (non-hydrogen) atoms. The summed E-state index contributed by atoms with van der Waals surface area (Å²) in [6.07, 6.45) is 2.01. The fraction of sp³-hybridized carbons (Fsp3) is 0.378. The monoisotopic (exact) mass is 655 g/mol. The molecule has 11 nitrogen and oxygen atoms in total. The number of unbranched alkanes of at least 4 members (excludes halogenated alkanes) is 1. The highest BCUT2D eigenvalue weighted by Crippen LogP contribution is 2.20. The number of amides is 5. The molecule has 0 saturated carbocycles. The van der Waals surface area contributed by atoms with E-state index in [2.05, 4.69) is 22.5 Å². The van der Waals surface area contributed by atoms with Crippen LogP contribution in [0.25, 0.3) is 10.8 Å². The number of nitrogens with zero attached hydrogens (tertiary/aromatic N) is 2. The third-order valence-corrected chi connectivity index (χ3v) is 8.36. The molecule has 5 amide bonds. The van der Waals surface area contributed by atoms with Crippen molar-refractivity contribution in [3.63, 3.8) is 0 Å². The lowest BCUT2D eigenvalue weighted by atomic mass is 10.00. The van der Waals surface area contributed by atoms with Crippen molar-refractivity contribution < 1.29 is 28.7 Å². The van der Waals surface area contributed by atoms with Crippen LogP contribution in [0.3, 0.4) is 0 Å². The van der Waals surface area contributed by atoms with Gasteiger partial charge in [-0.3, -0.25) is 19.2 Å². The van der Waals surface area contributed by atoms with Gasteiger partial charge in [-0.05, 0) is 53.7 Å². The topological polar surface area (TPSA) is 137 Å². The van der Waals surface area contributed by atoms with Gasteiger partial charge in [-0.2, -0.15) is 0 Å². The highest BCUT2D eigenvalue weighted by Gasteiger charge is 2.34. The van der Waals surface area contributed by atoms with E-state index < -0.39 is 18.2 Å². The maximum Gasteiger partial charge on any atom is 0.408 e. The van der Waals surface area contributed by atoms with Crippen molar-refractivity contribution in [2.45, 2.75) is 51.8 Å². The van der Waals surface area contributed by atoms with E-state index in [-0.39, 0.29) is 62.3 Å². The molecule has 1 aliphatic heterocycles. The SMILES string of the molecule is C=CC(=O)NCCCC[C@H](NC(=O)OCc1ccccc1)C(=O)N1CCN(C(=O)[C@H](NC(=O)c2cccc3ccccc23)C(C)C)CC1. The first-order valence-corrected chi connectivity index (χ1v) is 16.4. The smallest absolute Gasteiger partial charge is 0.408 e. The van der Waals surface area contributed by atoms with E-state index in [4.69, 9.17) is 4.74 Å². The minimum Gasteiger partial charge on any atom is -0.445 e. The van der Waals surface area contributed by atoms with Gasteiger partial charge in [-0.15, -0.1) is 0 Å². The van der Waals surface area contributed by atoms with Crippen molar-refractivity contribution in [1.29, 1.82) is 0 Å². The Hall–Kier alpha value is -5.19. The van der Waals surface area contributed by atoms with E-state index >= 15 is 0 Å². The summed E-state index contributed by atoms with van der Waals surface area (Å²) in [5.74, 6) is -1.22. The maximum atomic E-state index is 13.7. The minimum absolute atomic E-state index is 0.0655. The first-order valence-electron chi connectivity index (χ1n) is 16.4. The molecular weight excluding hydrogens is 610 g/mol. The van der Waals surface area contributed by atoms with Gasteiger partial charge in [-0.1, -0.05) is 87.2 Å². The molecule has 3 N–H and O–H groups in total. The Labute approximate surface area is 281 Å². The molecule has 0 bridgehead atoms. The largest absolute Gasteiger partial charge is 0.445 e. The molecule has 4 rings (SSSR count). The predicted octanol–water partition coefficient (Wildman–Crippen LogP) is 4.03. The second-order valence-electron chi connectivity index (χ2n) is 12.1. The molecule has 11 heteroatoms. The molecule has 0 aliphatic carbocycles. The van der Waals surface area contributed by atoms with Crippen molar-refractivity contribution in [3.8, 4) is 0 Å². The van der Waals surface area contributed by atoms with E-state index in [1.54, 1.807) is 15.9 Å². The van der Waals surface area contributed by atoms with Crippen LogP contribution in [0.4, 0.5) is 4.79 Å². The summed E-state index contributed by atoms with van der Waals surface area (Å²) in [6.45, 7) is 8.83. The number of carbonyl (C=O) groups is 5. The van der Waals surface area contributed by atoms with E-state index in [0.29, 0.717) is 31.4 Å². The summed E-state index contributed by atoms with van der Waals surface area (Å²) in [6, 6.07) is 20.8. The van der Waals surface area contributed by atoms with Gasteiger partial charge in [0.2, 0.25) is 17.7 Å². The van der Waals surface area contributed by atoms with Gasteiger partial charge in [-0.25, -0.2) is 4.79 Å². The Balaban J connectivity index is 1.35. The highest BCUT2D eigenvalue weighted by atomic mass is 16.5. The third kappa shape index (κ3) is 9.90. The van der Waals surface area contributed by atoms with Crippen LogP contribution in [-0.4, -0.2) is 84.3 Å². The molecule has 1 heterocycles. The number of fused-ring (bicyclic) bond motifs is 1. The molecule has 0 unspecified atom stereocenters. The average Bonchev–Trinajstić information content (AvgIpc) is 3.11. The summed E-state index contributed by atoms with van der Waals surface area (Å²) in [4.78, 5) is 68.2. The Morgan fingerprint density at radius 2 is 1.46 bits per heavy atom. The summed E-state index contributed by atoms with van der Waals surface area (Å²) >= 11 is 0. The Bertz CT molecular complexity index is 1580. The number of piperazine rings is 1. The van der Waals surface area contributed by atoms with Gasteiger partial charge in [0.15, 0.2) is 0 Å². The van der Waals surface area contributed by atoms with Crippen LogP contribution >= 0.6 is 0 Å². The molecule has 0 radical (unpaired) electrons. The van der Waals surface area contributed by atoms with Gasteiger partial charge >= 0.3 is 6.09 Å². The first-order chi connectivity index (χ1) is 23.2. The Kier molecular flexibility index (Phi) is 13.1. The molecule has 3 aromatic carbocycles. The molecule has 1 aliphatic rings. The standard InChI is InChI=1S/C37H45N5O6/c1-4-32(43)38-20-11-10-19-31(39-37(47)48-25-27-13-6-5-7-14-27)35(45)41-21-23-42(24-22-41)36(46)33(26(2)3)40-34(44)30-18-12-16-28-15-8-9-17-29(28)30/h4-9,12-18,26,31,33H,1,10-11,19-25H2,2-3H3,(H,38,43)(H,39,47)(H,40,44)/t31-,33+/m0/s1. The Morgan fingerprint density at radius 3 is 2.15 bits per heavy atom. The van der Waals surface area contributed by atoms with Gasteiger partial charge in [0.25, 0.3) is 5.91 Å².